The summed E-state index contributed by atoms with van der Waals surface area (Å²) in [6.45, 7) is 10.1. The Morgan fingerprint density at radius 3 is 2.70 bits per heavy atom. The molecule has 0 amide bonds. The quantitative estimate of drug-likeness (QED) is 0.921. The second kappa shape index (κ2) is 5.03. The van der Waals surface area contributed by atoms with E-state index < -0.39 is 0 Å². The highest BCUT2D eigenvalue weighted by Crippen LogP contribution is 2.28. The van der Waals surface area contributed by atoms with Gasteiger partial charge in [-0.25, -0.2) is 0 Å². The molecule has 1 saturated heterocycles. The van der Waals surface area contributed by atoms with E-state index in [1.807, 2.05) is 13.0 Å². The van der Waals surface area contributed by atoms with Gasteiger partial charge in [-0.2, -0.15) is 4.98 Å². The summed E-state index contributed by atoms with van der Waals surface area (Å²) in [5, 5.41) is 7.51. The van der Waals surface area contributed by atoms with Crippen LogP contribution in [0.2, 0.25) is 0 Å². The summed E-state index contributed by atoms with van der Waals surface area (Å²) in [5.74, 6) is 2.06. The van der Waals surface area contributed by atoms with Gasteiger partial charge in [0.25, 0.3) is 5.89 Å². The fraction of sp³-hybridized carbons (Fsp3) is 0.571. The van der Waals surface area contributed by atoms with E-state index in [1.54, 1.807) is 6.26 Å². The molecule has 0 bridgehead atoms. The first kappa shape index (κ1) is 13.3. The van der Waals surface area contributed by atoms with Gasteiger partial charge in [0, 0.05) is 26.2 Å². The topological polar surface area (TPSA) is 67.3 Å². The van der Waals surface area contributed by atoms with Crippen molar-refractivity contribution in [2.75, 3.05) is 26.2 Å². The van der Waals surface area contributed by atoms with Crippen LogP contribution in [0.3, 0.4) is 0 Å². The molecule has 0 atom stereocenters. The average molecular weight is 276 g/mol. The summed E-state index contributed by atoms with van der Waals surface area (Å²) in [5.41, 5.74) is 0.597. The van der Waals surface area contributed by atoms with Crippen molar-refractivity contribution in [2.24, 2.45) is 0 Å². The van der Waals surface area contributed by atoms with Crippen molar-refractivity contribution >= 4 is 0 Å². The molecule has 0 unspecified atom stereocenters. The van der Waals surface area contributed by atoms with Crippen molar-refractivity contribution in [3.63, 3.8) is 0 Å². The molecular formula is C14H20N4O2. The molecular weight excluding hydrogens is 256 g/mol. The maximum Gasteiger partial charge on any atom is 0.261 e. The van der Waals surface area contributed by atoms with Crippen molar-refractivity contribution in [3.05, 3.63) is 23.9 Å². The zero-order valence-corrected chi connectivity index (χ0v) is 12.1. The third kappa shape index (κ3) is 2.36. The number of piperazine rings is 1. The number of aryl methyl sites for hydroxylation is 1. The number of nitrogens with zero attached hydrogens (tertiary/aromatic N) is 3. The lowest BCUT2D eigenvalue weighted by molar-refractivity contribution is 0.0925. The Morgan fingerprint density at radius 2 is 2.05 bits per heavy atom. The fourth-order valence-electron chi connectivity index (χ4n) is 2.51. The number of hydrogen-bond donors (Lipinski definition) is 1. The van der Waals surface area contributed by atoms with Crippen molar-refractivity contribution in [3.8, 4) is 11.5 Å². The van der Waals surface area contributed by atoms with Crippen LogP contribution in [0.4, 0.5) is 0 Å². The summed E-state index contributed by atoms with van der Waals surface area (Å²) in [6, 6.07) is 1.90. The van der Waals surface area contributed by atoms with Gasteiger partial charge in [-0.3, -0.25) is 4.90 Å². The van der Waals surface area contributed by atoms with Crippen molar-refractivity contribution in [2.45, 2.75) is 26.3 Å². The third-order valence-electron chi connectivity index (χ3n) is 3.86. The molecule has 108 valence electrons. The maximum atomic E-state index is 5.38. The molecule has 3 heterocycles. The highest BCUT2D eigenvalue weighted by atomic mass is 16.5. The van der Waals surface area contributed by atoms with E-state index in [2.05, 4.69) is 34.2 Å². The molecule has 0 aromatic carbocycles. The number of aromatic nitrogens is 2. The maximum absolute atomic E-state index is 5.38. The van der Waals surface area contributed by atoms with Crippen LogP contribution in [-0.4, -0.2) is 41.2 Å². The van der Waals surface area contributed by atoms with Crippen LogP contribution in [0.15, 0.2) is 21.3 Å². The molecule has 1 aliphatic heterocycles. The van der Waals surface area contributed by atoms with E-state index in [9.17, 15) is 0 Å². The Kier molecular flexibility index (Phi) is 3.35. The van der Waals surface area contributed by atoms with Gasteiger partial charge >= 0.3 is 0 Å². The molecule has 1 N–H and O–H groups in total. The number of furan rings is 1. The first-order valence-corrected chi connectivity index (χ1v) is 6.93. The molecule has 0 saturated carbocycles. The molecule has 2 aromatic heterocycles. The van der Waals surface area contributed by atoms with Gasteiger partial charge in [0.15, 0.2) is 5.82 Å². The average Bonchev–Trinajstić information content (AvgIpc) is 3.08. The van der Waals surface area contributed by atoms with E-state index in [0.717, 1.165) is 37.5 Å². The summed E-state index contributed by atoms with van der Waals surface area (Å²) < 4.78 is 10.7. The standard InChI is InChI=1S/C14H20N4O2/c1-10-8-11(9-19-10)12-16-13(17-20-12)14(2,3)18-6-4-15-5-7-18/h8-9,15H,4-7H2,1-3H3. The van der Waals surface area contributed by atoms with Crippen LogP contribution in [-0.2, 0) is 5.54 Å². The molecule has 2 aromatic rings. The predicted molar refractivity (Wildman–Crippen MR) is 74.2 cm³/mol. The molecule has 0 radical (unpaired) electrons. The Balaban J connectivity index is 1.85. The molecule has 6 heteroatoms. The lowest BCUT2D eigenvalue weighted by atomic mass is 10.0. The smallest absolute Gasteiger partial charge is 0.261 e. The van der Waals surface area contributed by atoms with E-state index in [4.69, 9.17) is 8.94 Å². The normalized spacial score (nSPS) is 17.6. The van der Waals surface area contributed by atoms with Crippen LogP contribution in [0.1, 0.15) is 25.4 Å². The summed E-state index contributed by atoms with van der Waals surface area (Å²) in [6.07, 6.45) is 1.64. The van der Waals surface area contributed by atoms with E-state index in [1.165, 1.54) is 0 Å². The Morgan fingerprint density at radius 1 is 1.30 bits per heavy atom. The van der Waals surface area contributed by atoms with Crippen LogP contribution in [0, 0.1) is 6.92 Å². The van der Waals surface area contributed by atoms with E-state index in [-0.39, 0.29) is 5.54 Å². The zero-order valence-electron chi connectivity index (χ0n) is 12.1. The lowest BCUT2D eigenvalue weighted by Gasteiger charge is -2.38. The number of nitrogens with one attached hydrogen (secondary N) is 1. The van der Waals surface area contributed by atoms with Gasteiger partial charge in [0.1, 0.15) is 12.0 Å². The van der Waals surface area contributed by atoms with Gasteiger partial charge in [0.2, 0.25) is 0 Å². The van der Waals surface area contributed by atoms with E-state index >= 15 is 0 Å². The summed E-state index contributed by atoms with van der Waals surface area (Å²) in [4.78, 5) is 6.91. The lowest BCUT2D eigenvalue weighted by Crippen LogP contribution is -2.52. The van der Waals surface area contributed by atoms with Crippen LogP contribution in [0.5, 0.6) is 0 Å². The minimum atomic E-state index is -0.234. The van der Waals surface area contributed by atoms with E-state index in [0.29, 0.717) is 11.7 Å². The zero-order chi connectivity index (χ0) is 14.2. The molecule has 0 spiro atoms. The second-order valence-corrected chi connectivity index (χ2v) is 5.67. The molecule has 0 aliphatic carbocycles. The highest BCUT2D eigenvalue weighted by molar-refractivity contribution is 5.51. The number of rotatable bonds is 3. The SMILES string of the molecule is Cc1cc(-c2nc(C(C)(C)N3CCNCC3)no2)co1. The minimum Gasteiger partial charge on any atom is -0.469 e. The largest absolute Gasteiger partial charge is 0.469 e. The Labute approximate surface area is 118 Å². The van der Waals surface area contributed by atoms with Crippen molar-refractivity contribution < 1.29 is 8.94 Å². The van der Waals surface area contributed by atoms with Gasteiger partial charge in [-0.05, 0) is 26.8 Å². The molecule has 6 nitrogen and oxygen atoms in total. The van der Waals surface area contributed by atoms with Gasteiger partial charge in [-0.15, -0.1) is 0 Å². The minimum absolute atomic E-state index is 0.234. The van der Waals surface area contributed by atoms with Crippen LogP contribution < -0.4 is 5.32 Å². The van der Waals surface area contributed by atoms with Crippen LogP contribution >= 0.6 is 0 Å². The first-order chi connectivity index (χ1) is 9.57. The highest BCUT2D eigenvalue weighted by Gasteiger charge is 2.34. The Hall–Kier alpha value is -1.66. The molecule has 1 aliphatic rings. The van der Waals surface area contributed by atoms with Crippen molar-refractivity contribution in [1.82, 2.24) is 20.4 Å². The third-order valence-corrected chi connectivity index (χ3v) is 3.86. The van der Waals surface area contributed by atoms with Gasteiger partial charge in [-0.1, -0.05) is 5.16 Å². The van der Waals surface area contributed by atoms with Crippen molar-refractivity contribution in [1.29, 1.82) is 0 Å². The van der Waals surface area contributed by atoms with Gasteiger partial charge < -0.3 is 14.3 Å². The van der Waals surface area contributed by atoms with Crippen LogP contribution in [0.25, 0.3) is 11.5 Å². The van der Waals surface area contributed by atoms with Gasteiger partial charge in [0.05, 0.1) is 11.1 Å². The fourth-order valence-corrected chi connectivity index (χ4v) is 2.51. The second-order valence-electron chi connectivity index (χ2n) is 5.67. The summed E-state index contributed by atoms with van der Waals surface area (Å²) >= 11 is 0. The molecule has 20 heavy (non-hydrogen) atoms. The Bertz CT molecular complexity index is 582. The first-order valence-electron chi connectivity index (χ1n) is 6.93. The monoisotopic (exact) mass is 276 g/mol. The summed E-state index contributed by atoms with van der Waals surface area (Å²) in [7, 11) is 0. The number of hydrogen-bond acceptors (Lipinski definition) is 6. The molecule has 1 fully saturated rings. The predicted octanol–water partition coefficient (Wildman–Crippen LogP) is 1.78. The molecule has 3 rings (SSSR count).